The fraction of sp³-hybridized carbons (Fsp3) is 0.500. The Bertz CT molecular complexity index is 2200. The minimum Gasteiger partial charge on any atom is -0.371 e. The summed E-state index contributed by atoms with van der Waals surface area (Å²) in [6.45, 7) is 8.03. The molecule has 5 saturated heterocycles. The quantitative estimate of drug-likeness (QED) is 0.196. The van der Waals surface area contributed by atoms with Crippen LogP contribution in [0.15, 0.2) is 53.2 Å². The van der Waals surface area contributed by atoms with Crippen molar-refractivity contribution >= 4 is 57.7 Å². The van der Waals surface area contributed by atoms with Crippen molar-refractivity contribution in [1.82, 2.24) is 35.1 Å². The molecule has 0 bridgehead atoms. The largest absolute Gasteiger partial charge is 0.371 e. The topological polar surface area (TPSA) is 186 Å². The van der Waals surface area contributed by atoms with E-state index in [4.69, 9.17) is 15.2 Å². The number of likely N-dealkylation sites (tertiary alicyclic amines) is 1. The molecule has 5 fully saturated rings. The smallest absolute Gasteiger partial charge is 0.320 e. The Morgan fingerprint density at radius 1 is 0.931 bits per heavy atom. The maximum atomic E-state index is 12.7. The van der Waals surface area contributed by atoms with Crippen molar-refractivity contribution in [3.8, 4) is 0 Å². The molecule has 0 spiro atoms. The first kappa shape index (κ1) is 37.8. The van der Waals surface area contributed by atoms with Gasteiger partial charge < -0.3 is 40.1 Å². The van der Waals surface area contributed by atoms with Crippen molar-refractivity contribution in [2.45, 2.75) is 62.8 Å². The number of imide groups is 1. The molecule has 0 aliphatic carbocycles. The predicted octanol–water partition coefficient (Wildman–Crippen LogP) is 4.02. The fourth-order valence-electron chi connectivity index (χ4n) is 9.58. The molecule has 1 unspecified atom stereocenters. The zero-order valence-electron chi connectivity index (χ0n) is 32.9. The molecule has 0 saturated carbocycles. The van der Waals surface area contributed by atoms with Gasteiger partial charge in [-0.2, -0.15) is 0 Å². The molecule has 4 N–H and O–H groups in total. The van der Waals surface area contributed by atoms with Crippen LogP contribution in [-0.4, -0.2) is 126 Å². The third-order valence-corrected chi connectivity index (χ3v) is 12.9. The molecule has 58 heavy (non-hydrogen) atoms. The number of likely N-dealkylation sites (N-methyl/N-ethyl adjacent to an activating group) is 1. The van der Waals surface area contributed by atoms with Gasteiger partial charge in [-0.15, -0.1) is 0 Å². The highest BCUT2D eigenvalue weighted by Crippen LogP contribution is 2.36. The Morgan fingerprint density at radius 3 is 2.52 bits per heavy atom. The number of rotatable bonds is 10. The highest BCUT2D eigenvalue weighted by Gasteiger charge is 2.36. The lowest BCUT2D eigenvalue weighted by Crippen LogP contribution is -2.49. The van der Waals surface area contributed by atoms with Gasteiger partial charge in [-0.05, 0) is 99.3 Å². The molecule has 9 rings (SSSR count). The minimum atomic E-state index is -0.647. The summed E-state index contributed by atoms with van der Waals surface area (Å²) < 4.78 is 5.57. The number of nitrogens with zero attached hydrogens (tertiary/aromatic N) is 8. The Hall–Kier alpha value is -5.77. The average Bonchev–Trinajstić information content (AvgIpc) is 3.97. The van der Waals surface area contributed by atoms with Crippen LogP contribution in [0.25, 0.3) is 11.0 Å². The van der Waals surface area contributed by atoms with Gasteiger partial charge >= 0.3 is 6.03 Å². The summed E-state index contributed by atoms with van der Waals surface area (Å²) >= 11 is 0. The minimum absolute atomic E-state index is 0.0697. The van der Waals surface area contributed by atoms with Crippen LogP contribution >= 0.6 is 0 Å². The van der Waals surface area contributed by atoms with Gasteiger partial charge in [0.15, 0.2) is 17.1 Å². The first-order valence-electron chi connectivity index (χ1n) is 20.7. The van der Waals surface area contributed by atoms with E-state index in [-0.39, 0.29) is 29.6 Å². The third kappa shape index (κ3) is 7.64. The van der Waals surface area contributed by atoms with Crippen molar-refractivity contribution in [3.05, 3.63) is 65.6 Å². The van der Waals surface area contributed by atoms with Crippen molar-refractivity contribution in [1.29, 1.82) is 0 Å². The maximum Gasteiger partial charge on any atom is 0.320 e. The van der Waals surface area contributed by atoms with Crippen LogP contribution < -0.4 is 26.2 Å². The van der Waals surface area contributed by atoms with Crippen LogP contribution in [0.5, 0.6) is 0 Å². The standard InChI is InChI=1S/C42H51N11O5/c1-49-19-20-53(42(49)57)31-3-2-15-52(25-31)35-22-44-38(39(43)55)40(46-35)45-29-6-4-27(5-7-29)28-13-16-50(17-14-28)23-26-12-18-51(24-26)30-8-10-34-33(21-30)37(48-58-34)32-9-11-36(54)47-41(32)56/h4-8,10,21-22,26,28,31-32H,2-3,9,11-20,23-25H2,1H3,(H2,43,55)(H,45,46)(H,47,54,56)/t26-,31+,32?/m0/s1. The molecular weight excluding hydrogens is 739 g/mol. The van der Waals surface area contributed by atoms with E-state index in [1.807, 2.05) is 30.1 Å². The summed E-state index contributed by atoms with van der Waals surface area (Å²) in [4.78, 5) is 69.4. The van der Waals surface area contributed by atoms with Gasteiger partial charge in [0.2, 0.25) is 11.8 Å². The first-order chi connectivity index (χ1) is 28.2. The maximum absolute atomic E-state index is 12.7. The van der Waals surface area contributed by atoms with Crippen LogP contribution in [0.2, 0.25) is 0 Å². The zero-order valence-corrected chi connectivity index (χ0v) is 32.9. The Kier molecular flexibility index (Phi) is 10.3. The molecule has 2 aromatic heterocycles. The molecule has 2 aromatic carbocycles. The van der Waals surface area contributed by atoms with E-state index in [0.29, 0.717) is 54.1 Å². The van der Waals surface area contributed by atoms with Crippen LogP contribution in [0.3, 0.4) is 0 Å². The first-order valence-corrected chi connectivity index (χ1v) is 20.7. The lowest BCUT2D eigenvalue weighted by molar-refractivity contribution is -0.134. The highest BCUT2D eigenvalue weighted by molar-refractivity contribution is 6.02. The number of anilines is 4. The summed E-state index contributed by atoms with van der Waals surface area (Å²) in [5, 5.41) is 10.8. The molecule has 5 aliphatic heterocycles. The number of fused-ring (bicyclic) bond motifs is 1. The number of benzene rings is 2. The van der Waals surface area contributed by atoms with E-state index in [0.717, 1.165) is 101 Å². The predicted molar refractivity (Wildman–Crippen MR) is 218 cm³/mol. The average molecular weight is 790 g/mol. The number of nitrogens with one attached hydrogen (secondary N) is 2. The lowest BCUT2D eigenvalue weighted by atomic mass is 9.89. The van der Waals surface area contributed by atoms with Crippen molar-refractivity contribution < 1.29 is 23.7 Å². The molecule has 16 heteroatoms. The summed E-state index contributed by atoms with van der Waals surface area (Å²) in [5.74, 6) is 0.336. The van der Waals surface area contributed by atoms with Crippen molar-refractivity contribution in [3.63, 3.8) is 0 Å². The number of carbonyl (C=O) groups excluding carboxylic acids is 4. The van der Waals surface area contributed by atoms with Gasteiger partial charge in [0.25, 0.3) is 5.91 Å². The molecule has 7 heterocycles. The number of nitrogens with two attached hydrogens (primary N) is 1. The number of hydrogen-bond donors (Lipinski definition) is 3. The van der Waals surface area contributed by atoms with Crippen molar-refractivity contribution in [2.75, 3.05) is 81.1 Å². The van der Waals surface area contributed by atoms with Gasteiger partial charge in [-0.3, -0.25) is 19.7 Å². The van der Waals surface area contributed by atoms with Crippen LogP contribution in [0, 0.1) is 5.92 Å². The number of amides is 5. The summed E-state index contributed by atoms with van der Waals surface area (Å²) in [6, 6.07) is 14.7. The number of hydrogen-bond acceptors (Lipinski definition) is 12. The zero-order chi connectivity index (χ0) is 39.9. The summed E-state index contributed by atoms with van der Waals surface area (Å²) in [5.41, 5.74) is 10.3. The van der Waals surface area contributed by atoms with E-state index in [2.05, 4.69) is 59.7 Å². The van der Waals surface area contributed by atoms with Gasteiger partial charge in [0.05, 0.1) is 18.2 Å². The second kappa shape index (κ2) is 15.9. The van der Waals surface area contributed by atoms with E-state index < -0.39 is 11.8 Å². The summed E-state index contributed by atoms with van der Waals surface area (Å²) in [6.07, 6.45) is 7.52. The Morgan fingerprint density at radius 2 is 1.76 bits per heavy atom. The lowest BCUT2D eigenvalue weighted by Gasteiger charge is -2.37. The van der Waals surface area contributed by atoms with E-state index >= 15 is 0 Å². The van der Waals surface area contributed by atoms with Gasteiger partial charge in [0, 0.05) is 76.0 Å². The molecular formula is C42H51N11O5. The summed E-state index contributed by atoms with van der Waals surface area (Å²) in [7, 11) is 1.84. The Balaban J connectivity index is 0.781. The Labute approximate surface area is 337 Å². The molecule has 5 amide bonds. The number of urea groups is 1. The SMILES string of the molecule is CN1CCN([C@@H]2CCCN(c3cnc(C(N)=O)c(Nc4ccc(C5CCN(C[C@@H]6CCN(c7ccc8onc(C9CCC(=O)NC9=O)c8c7)C6)CC5)cc4)n3)C2)C1=O. The molecule has 3 atom stereocenters. The monoisotopic (exact) mass is 789 g/mol. The number of aromatic nitrogens is 3. The van der Waals surface area contributed by atoms with Crippen LogP contribution in [-0.2, 0) is 9.59 Å². The molecule has 0 radical (unpaired) electrons. The van der Waals surface area contributed by atoms with E-state index in [9.17, 15) is 19.2 Å². The molecule has 5 aliphatic rings. The number of piperidine rings is 3. The van der Waals surface area contributed by atoms with Gasteiger partial charge in [-0.1, -0.05) is 17.3 Å². The second-order valence-corrected chi connectivity index (χ2v) is 16.6. The normalized spacial score (nSPS) is 23.6. The molecule has 304 valence electrons. The molecule has 16 nitrogen and oxygen atoms in total. The van der Waals surface area contributed by atoms with Crippen LogP contribution in [0.4, 0.5) is 27.8 Å². The fourth-order valence-corrected chi connectivity index (χ4v) is 9.58. The van der Waals surface area contributed by atoms with Crippen LogP contribution in [0.1, 0.15) is 78.5 Å². The number of carbonyl (C=O) groups is 4. The number of primary amides is 1. The van der Waals surface area contributed by atoms with Gasteiger partial charge in [-0.25, -0.2) is 14.8 Å². The highest BCUT2D eigenvalue weighted by atomic mass is 16.5. The van der Waals surface area contributed by atoms with Gasteiger partial charge in [0.1, 0.15) is 11.5 Å². The van der Waals surface area contributed by atoms with E-state index in [1.54, 1.807) is 11.1 Å². The van der Waals surface area contributed by atoms with E-state index in [1.165, 1.54) is 5.56 Å². The third-order valence-electron chi connectivity index (χ3n) is 12.9. The second-order valence-electron chi connectivity index (χ2n) is 16.6. The molecule has 4 aromatic rings. The van der Waals surface area contributed by atoms with Crippen molar-refractivity contribution in [2.24, 2.45) is 11.7 Å².